The summed E-state index contributed by atoms with van der Waals surface area (Å²) < 4.78 is 12.8. The number of carbonyl (C=O) groups excluding carboxylic acids is 1. The molecule has 0 spiro atoms. The van der Waals surface area contributed by atoms with Gasteiger partial charge in [-0.1, -0.05) is 23.4 Å². The number of ether oxygens (including phenoxy) is 2. The molecule has 158 valence electrons. The molecule has 1 N–H and O–H groups in total. The fourth-order valence-corrected chi connectivity index (χ4v) is 3.68. The standard InChI is InChI=1S/C21H23ClN4O3S/c1-3-26-19(14-20(27)23-16-6-4-15(22)5-7-16)24-25-21(26)30-13-12-29-18-10-8-17(28-2)9-11-18/h4-11H,3,12-14H2,1-2H3,(H,23,27). The highest BCUT2D eigenvalue weighted by atomic mass is 35.5. The first kappa shape index (κ1) is 22.0. The highest BCUT2D eigenvalue weighted by Gasteiger charge is 2.15. The molecular formula is C21H23ClN4O3S. The minimum absolute atomic E-state index is 0.145. The highest BCUT2D eigenvalue weighted by Crippen LogP contribution is 2.20. The first-order valence-corrected chi connectivity index (χ1v) is 10.8. The van der Waals surface area contributed by atoms with E-state index in [0.717, 1.165) is 16.7 Å². The summed E-state index contributed by atoms with van der Waals surface area (Å²) in [6.45, 7) is 3.21. The third-order valence-corrected chi connectivity index (χ3v) is 5.38. The summed E-state index contributed by atoms with van der Waals surface area (Å²) in [7, 11) is 1.63. The van der Waals surface area contributed by atoms with Gasteiger partial charge in [0.1, 0.15) is 17.3 Å². The molecule has 2 aromatic carbocycles. The molecule has 0 saturated heterocycles. The molecule has 0 atom stereocenters. The van der Waals surface area contributed by atoms with Gasteiger partial charge >= 0.3 is 0 Å². The van der Waals surface area contributed by atoms with Crippen LogP contribution < -0.4 is 14.8 Å². The van der Waals surface area contributed by atoms with Gasteiger partial charge in [-0.05, 0) is 55.5 Å². The van der Waals surface area contributed by atoms with Gasteiger partial charge in [-0.25, -0.2) is 0 Å². The molecule has 1 heterocycles. The Labute approximate surface area is 184 Å². The van der Waals surface area contributed by atoms with Crippen LogP contribution >= 0.6 is 23.4 Å². The molecule has 1 aromatic heterocycles. The average Bonchev–Trinajstić information content (AvgIpc) is 3.14. The van der Waals surface area contributed by atoms with Gasteiger partial charge < -0.3 is 19.4 Å². The Balaban J connectivity index is 1.50. The van der Waals surface area contributed by atoms with Crippen LogP contribution in [-0.2, 0) is 17.8 Å². The summed E-state index contributed by atoms with van der Waals surface area (Å²) in [6, 6.07) is 14.4. The summed E-state index contributed by atoms with van der Waals surface area (Å²) in [6.07, 6.45) is 0.145. The number of benzene rings is 2. The predicted octanol–water partition coefficient (Wildman–Crippen LogP) is 4.31. The maximum atomic E-state index is 12.3. The van der Waals surface area contributed by atoms with E-state index in [1.54, 1.807) is 43.1 Å². The van der Waals surface area contributed by atoms with Crippen LogP contribution in [0.15, 0.2) is 53.7 Å². The quantitative estimate of drug-likeness (QED) is 0.369. The van der Waals surface area contributed by atoms with Crippen LogP contribution in [0.25, 0.3) is 0 Å². The van der Waals surface area contributed by atoms with Crippen molar-refractivity contribution in [1.29, 1.82) is 0 Å². The van der Waals surface area contributed by atoms with Gasteiger partial charge in [-0.2, -0.15) is 0 Å². The number of hydrogen-bond acceptors (Lipinski definition) is 6. The Morgan fingerprint density at radius 2 is 1.80 bits per heavy atom. The second-order valence-electron chi connectivity index (χ2n) is 6.25. The van der Waals surface area contributed by atoms with Crippen molar-refractivity contribution >= 4 is 35.0 Å². The van der Waals surface area contributed by atoms with E-state index >= 15 is 0 Å². The van der Waals surface area contributed by atoms with E-state index in [4.69, 9.17) is 21.1 Å². The van der Waals surface area contributed by atoms with E-state index in [0.29, 0.717) is 35.4 Å². The maximum absolute atomic E-state index is 12.3. The third kappa shape index (κ3) is 6.14. The molecule has 30 heavy (non-hydrogen) atoms. The fourth-order valence-electron chi connectivity index (χ4n) is 2.72. The van der Waals surface area contributed by atoms with E-state index in [-0.39, 0.29) is 12.3 Å². The van der Waals surface area contributed by atoms with Crippen LogP contribution in [0, 0.1) is 0 Å². The molecule has 7 nitrogen and oxygen atoms in total. The first-order chi connectivity index (χ1) is 14.6. The van der Waals surface area contributed by atoms with Crippen LogP contribution in [0.5, 0.6) is 11.5 Å². The third-order valence-electron chi connectivity index (χ3n) is 4.20. The van der Waals surface area contributed by atoms with E-state index in [2.05, 4.69) is 15.5 Å². The molecule has 0 bridgehead atoms. The number of anilines is 1. The number of nitrogens with one attached hydrogen (secondary N) is 1. The van der Waals surface area contributed by atoms with Gasteiger partial charge in [0.05, 0.1) is 20.1 Å². The predicted molar refractivity (Wildman–Crippen MR) is 119 cm³/mol. The number of halogens is 1. The molecule has 0 aliphatic rings. The van der Waals surface area contributed by atoms with Crippen LogP contribution in [0.1, 0.15) is 12.7 Å². The summed E-state index contributed by atoms with van der Waals surface area (Å²) in [5, 5.41) is 12.7. The second-order valence-corrected chi connectivity index (χ2v) is 7.75. The largest absolute Gasteiger partial charge is 0.497 e. The zero-order valence-electron chi connectivity index (χ0n) is 16.8. The SMILES string of the molecule is CCn1c(CC(=O)Nc2ccc(Cl)cc2)nnc1SCCOc1ccc(OC)cc1. The number of amides is 1. The lowest BCUT2D eigenvalue weighted by molar-refractivity contribution is -0.115. The summed E-state index contributed by atoms with van der Waals surface area (Å²) in [4.78, 5) is 12.3. The number of methoxy groups -OCH3 is 1. The minimum Gasteiger partial charge on any atom is -0.497 e. The zero-order chi connectivity index (χ0) is 21.3. The molecule has 0 aliphatic heterocycles. The second kappa shape index (κ2) is 10.9. The first-order valence-electron chi connectivity index (χ1n) is 9.46. The molecule has 0 unspecified atom stereocenters. The zero-order valence-corrected chi connectivity index (χ0v) is 18.4. The summed E-state index contributed by atoms with van der Waals surface area (Å²) in [5.41, 5.74) is 0.692. The number of nitrogens with zero attached hydrogens (tertiary/aromatic N) is 3. The van der Waals surface area contributed by atoms with Gasteiger partial charge in [0, 0.05) is 23.0 Å². The van der Waals surface area contributed by atoms with Crippen LogP contribution in [0.3, 0.4) is 0 Å². The van der Waals surface area contributed by atoms with Crippen molar-refractivity contribution < 1.29 is 14.3 Å². The molecule has 9 heteroatoms. The Kier molecular flexibility index (Phi) is 7.98. The molecule has 1 amide bonds. The minimum atomic E-state index is -0.154. The average molecular weight is 447 g/mol. The molecule has 0 aliphatic carbocycles. The number of carbonyl (C=O) groups is 1. The molecule has 0 saturated carbocycles. The Bertz CT molecular complexity index is 961. The monoisotopic (exact) mass is 446 g/mol. The Morgan fingerprint density at radius 3 is 2.47 bits per heavy atom. The lowest BCUT2D eigenvalue weighted by Crippen LogP contribution is -2.17. The number of thioether (sulfide) groups is 1. The smallest absolute Gasteiger partial charge is 0.232 e. The number of aromatic nitrogens is 3. The van der Waals surface area contributed by atoms with E-state index in [9.17, 15) is 4.79 Å². The number of rotatable bonds is 10. The lowest BCUT2D eigenvalue weighted by Gasteiger charge is -2.09. The van der Waals surface area contributed by atoms with E-state index < -0.39 is 0 Å². The van der Waals surface area contributed by atoms with Crippen molar-refractivity contribution in [2.45, 2.75) is 25.0 Å². The molecule has 3 aromatic rings. The van der Waals surface area contributed by atoms with Crippen LogP contribution in [-0.4, -0.2) is 40.1 Å². The van der Waals surface area contributed by atoms with Crippen LogP contribution in [0.4, 0.5) is 5.69 Å². The van der Waals surface area contributed by atoms with Crippen molar-refractivity contribution in [3.63, 3.8) is 0 Å². The van der Waals surface area contributed by atoms with Crippen LogP contribution in [0.2, 0.25) is 5.02 Å². The Morgan fingerprint density at radius 1 is 1.10 bits per heavy atom. The van der Waals surface area contributed by atoms with Gasteiger partial charge in [-0.3, -0.25) is 4.79 Å². The molecule has 0 fully saturated rings. The van der Waals surface area contributed by atoms with Crippen molar-refractivity contribution in [3.05, 3.63) is 59.4 Å². The normalized spacial score (nSPS) is 10.6. The van der Waals surface area contributed by atoms with Crippen molar-refractivity contribution in [3.8, 4) is 11.5 Å². The van der Waals surface area contributed by atoms with Crippen molar-refractivity contribution in [2.75, 3.05) is 24.8 Å². The molecule has 3 rings (SSSR count). The Hall–Kier alpha value is -2.71. The highest BCUT2D eigenvalue weighted by molar-refractivity contribution is 7.99. The van der Waals surface area contributed by atoms with Crippen molar-refractivity contribution in [2.24, 2.45) is 0 Å². The van der Waals surface area contributed by atoms with Gasteiger partial charge in [0.15, 0.2) is 5.16 Å². The van der Waals surface area contributed by atoms with Gasteiger partial charge in [0.25, 0.3) is 0 Å². The summed E-state index contributed by atoms with van der Waals surface area (Å²) >= 11 is 7.41. The van der Waals surface area contributed by atoms with Crippen molar-refractivity contribution in [1.82, 2.24) is 14.8 Å². The molecule has 0 radical (unpaired) electrons. The topological polar surface area (TPSA) is 78.3 Å². The maximum Gasteiger partial charge on any atom is 0.232 e. The van der Waals surface area contributed by atoms with Gasteiger partial charge in [0.2, 0.25) is 5.91 Å². The van der Waals surface area contributed by atoms with E-state index in [1.165, 1.54) is 0 Å². The molecular weight excluding hydrogens is 424 g/mol. The van der Waals surface area contributed by atoms with Gasteiger partial charge in [-0.15, -0.1) is 10.2 Å². The number of hydrogen-bond donors (Lipinski definition) is 1. The van der Waals surface area contributed by atoms with E-state index in [1.807, 2.05) is 35.8 Å². The fraction of sp³-hybridized carbons (Fsp3) is 0.286. The lowest BCUT2D eigenvalue weighted by atomic mass is 10.3. The summed E-state index contributed by atoms with van der Waals surface area (Å²) in [5.74, 6) is 2.76.